The minimum absolute atomic E-state index is 0.0203. The van der Waals surface area contributed by atoms with Gasteiger partial charge in [0, 0.05) is 11.8 Å². The van der Waals surface area contributed by atoms with Crippen LogP contribution < -0.4 is 11.1 Å². The van der Waals surface area contributed by atoms with Crippen molar-refractivity contribution in [2.45, 2.75) is 44.9 Å². The highest BCUT2D eigenvalue weighted by Gasteiger charge is 2.17. The molecule has 5 nitrogen and oxygen atoms in total. The molecule has 0 bridgehead atoms. The maximum Gasteiger partial charge on any atom is 0.226 e. The number of amides is 2. The molecule has 0 saturated heterocycles. The average Bonchev–Trinajstić information content (AvgIpc) is 2.76. The zero-order chi connectivity index (χ0) is 13.7. The summed E-state index contributed by atoms with van der Waals surface area (Å²) in [6, 6.07) is 0. The molecule has 104 valence electrons. The van der Waals surface area contributed by atoms with E-state index < -0.39 is 5.91 Å². The average molecular weight is 281 g/mol. The van der Waals surface area contributed by atoms with Gasteiger partial charge in [-0.3, -0.25) is 9.59 Å². The topological polar surface area (TPSA) is 85.1 Å². The Labute approximate surface area is 116 Å². The van der Waals surface area contributed by atoms with E-state index in [9.17, 15) is 9.59 Å². The number of aromatic nitrogens is 1. The van der Waals surface area contributed by atoms with Crippen molar-refractivity contribution < 1.29 is 9.59 Å². The van der Waals surface area contributed by atoms with E-state index in [0.29, 0.717) is 23.2 Å². The molecule has 2 rings (SSSR count). The number of nitrogens with zero attached hydrogens (tertiary/aromatic N) is 1. The number of hydrogen-bond donors (Lipinski definition) is 2. The highest BCUT2D eigenvalue weighted by atomic mass is 32.1. The van der Waals surface area contributed by atoms with Gasteiger partial charge < -0.3 is 11.1 Å². The largest absolute Gasteiger partial charge is 0.369 e. The predicted molar refractivity (Wildman–Crippen MR) is 74.8 cm³/mol. The molecule has 1 aromatic heterocycles. The Hall–Kier alpha value is -1.43. The van der Waals surface area contributed by atoms with Crippen molar-refractivity contribution in [3.8, 4) is 0 Å². The van der Waals surface area contributed by atoms with Gasteiger partial charge in [-0.25, -0.2) is 4.98 Å². The van der Waals surface area contributed by atoms with E-state index in [1.807, 2.05) is 0 Å². The lowest BCUT2D eigenvalue weighted by molar-refractivity contribution is -0.118. The summed E-state index contributed by atoms with van der Waals surface area (Å²) < 4.78 is 0. The van der Waals surface area contributed by atoms with E-state index in [2.05, 4.69) is 10.3 Å². The fourth-order valence-electron chi connectivity index (χ4n) is 2.45. The molecule has 0 unspecified atom stereocenters. The summed E-state index contributed by atoms with van der Waals surface area (Å²) >= 11 is 1.33. The number of hydrogen-bond acceptors (Lipinski definition) is 4. The fourth-order valence-corrected chi connectivity index (χ4v) is 3.17. The Morgan fingerprint density at radius 2 is 2.11 bits per heavy atom. The van der Waals surface area contributed by atoms with Crippen LogP contribution in [0.25, 0.3) is 0 Å². The van der Waals surface area contributed by atoms with E-state index in [-0.39, 0.29) is 12.3 Å². The summed E-state index contributed by atoms with van der Waals surface area (Å²) in [4.78, 5) is 26.8. The highest BCUT2D eigenvalue weighted by Crippen LogP contribution is 2.26. The number of carbonyl (C=O) groups is 2. The van der Waals surface area contributed by atoms with Gasteiger partial charge in [0.1, 0.15) is 0 Å². The van der Waals surface area contributed by atoms with Gasteiger partial charge in [0.15, 0.2) is 5.13 Å². The summed E-state index contributed by atoms with van der Waals surface area (Å²) in [6.45, 7) is 0. The zero-order valence-corrected chi connectivity index (χ0v) is 11.7. The molecule has 1 aliphatic carbocycles. The molecule has 1 fully saturated rings. The second-order valence-electron chi connectivity index (χ2n) is 5.04. The first kappa shape index (κ1) is 14.0. The van der Waals surface area contributed by atoms with E-state index in [1.165, 1.54) is 30.6 Å². The van der Waals surface area contributed by atoms with Gasteiger partial charge in [0.05, 0.1) is 12.1 Å². The number of carbonyl (C=O) groups excluding carboxylic acids is 2. The standard InChI is InChI=1S/C13H19N3O2S/c14-11(17)7-10-8-19-13(15-10)16-12(18)6-9-4-2-1-3-5-9/h8-9H,1-7H2,(H2,14,17)(H,15,16,18). The molecular weight excluding hydrogens is 262 g/mol. The number of anilines is 1. The first-order valence-corrected chi connectivity index (χ1v) is 7.54. The van der Waals surface area contributed by atoms with E-state index in [4.69, 9.17) is 5.73 Å². The lowest BCUT2D eigenvalue weighted by Crippen LogP contribution is -2.18. The SMILES string of the molecule is NC(=O)Cc1csc(NC(=O)CC2CCCCC2)n1. The molecule has 19 heavy (non-hydrogen) atoms. The van der Waals surface area contributed by atoms with Crippen LogP contribution in [0.3, 0.4) is 0 Å². The normalized spacial score (nSPS) is 16.2. The van der Waals surface area contributed by atoms with Crippen molar-refractivity contribution in [2.75, 3.05) is 5.32 Å². The Bertz CT molecular complexity index is 452. The van der Waals surface area contributed by atoms with Crippen molar-refractivity contribution in [3.05, 3.63) is 11.1 Å². The summed E-state index contributed by atoms with van der Waals surface area (Å²) in [5, 5.41) is 5.10. The first-order chi connectivity index (χ1) is 9.13. The Balaban J connectivity index is 1.81. The second-order valence-corrected chi connectivity index (χ2v) is 5.90. The van der Waals surface area contributed by atoms with Crippen LogP contribution in [0.15, 0.2) is 5.38 Å². The van der Waals surface area contributed by atoms with Gasteiger partial charge in [-0.05, 0) is 18.8 Å². The maximum atomic E-state index is 11.9. The highest BCUT2D eigenvalue weighted by molar-refractivity contribution is 7.13. The van der Waals surface area contributed by atoms with Crippen molar-refractivity contribution in [1.29, 1.82) is 0 Å². The van der Waals surface area contributed by atoms with Crippen LogP contribution in [0.5, 0.6) is 0 Å². The number of primary amides is 1. The third-order valence-electron chi connectivity index (χ3n) is 3.35. The Morgan fingerprint density at radius 1 is 1.37 bits per heavy atom. The zero-order valence-electron chi connectivity index (χ0n) is 10.9. The fraction of sp³-hybridized carbons (Fsp3) is 0.615. The third-order valence-corrected chi connectivity index (χ3v) is 4.16. The molecule has 0 radical (unpaired) electrons. The summed E-state index contributed by atoms with van der Waals surface area (Å²) in [5.74, 6) is 0.121. The van der Waals surface area contributed by atoms with Gasteiger partial charge in [-0.2, -0.15) is 0 Å². The number of thiazole rings is 1. The Morgan fingerprint density at radius 3 is 2.79 bits per heavy atom. The lowest BCUT2D eigenvalue weighted by Gasteiger charge is -2.20. The first-order valence-electron chi connectivity index (χ1n) is 6.66. The summed E-state index contributed by atoms with van der Waals surface area (Å²) in [7, 11) is 0. The molecular formula is C13H19N3O2S. The summed E-state index contributed by atoms with van der Waals surface area (Å²) in [6.07, 6.45) is 6.76. The molecule has 0 spiro atoms. The monoisotopic (exact) mass is 281 g/mol. The van der Waals surface area contributed by atoms with Gasteiger partial charge in [-0.15, -0.1) is 11.3 Å². The van der Waals surface area contributed by atoms with Crippen LogP contribution in [0, 0.1) is 5.92 Å². The quantitative estimate of drug-likeness (QED) is 0.866. The second kappa shape index (κ2) is 6.65. The maximum absolute atomic E-state index is 11.9. The number of nitrogens with one attached hydrogen (secondary N) is 1. The van der Waals surface area contributed by atoms with Crippen LogP contribution >= 0.6 is 11.3 Å². The van der Waals surface area contributed by atoms with E-state index in [1.54, 1.807) is 5.38 Å². The number of rotatable bonds is 5. The smallest absolute Gasteiger partial charge is 0.226 e. The van der Waals surface area contributed by atoms with Crippen LogP contribution in [-0.4, -0.2) is 16.8 Å². The van der Waals surface area contributed by atoms with E-state index in [0.717, 1.165) is 12.8 Å². The van der Waals surface area contributed by atoms with Crippen LogP contribution in [0.4, 0.5) is 5.13 Å². The summed E-state index contributed by atoms with van der Waals surface area (Å²) in [5.41, 5.74) is 5.71. The van der Waals surface area contributed by atoms with Crippen LogP contribution in [0.2, 0.25) is 0 Å². The third kappa shape index (κ3) is 4.63. The van der Waals surface area contributed by atoms with E-state index >= 15 is 0 Å². The Kier molecular flexibility index (Phi) is 4.90. The van der Waals surface area contributed by atoms with Gasteiger partial charge >= 0.3 is 0 Å². The molecule has 1 aliphatic rings. The van der Waals surface area contributed by atoms with Crippen molar-refractivity contribution in [3.63, 3.8) is 0 Å². The number of nitrogens with two attached hydrogens (primary N) is 1. The molecule has 1 heterocycles. The molecule has 0 aromatic carbocycles. The predicted octanol–water partition coefficient (Wildman–Crippen LogP) is 2.08. The molecule has 2 amide bonds. The van der Waals surface area contributed by atoms with Gasteiger partial charge in [0.25, 0.3) is 0 Å². The van der Waals surface area contributed by atoms with Gasteiger partial charge in [-0.1, -0.05) is 19.3 Å². The minimum Gasteiger partial charge on any atom is -0.369 e. The van der Waals surface area contributed by atoms with Crippen molar-refractivity contribution >= 4 is 28.3 Å². The minimum atomic E-state index is -0.412. The molecule has 1 saturated carbocycles. The molecule has 6 heteroatoms. The van der Waals surface area contributed by atoms with Crippen LogP contribution in [0.1, 0.15) is 44.2 Å². The molecule has 0 atom stereocenters. The molecule has 0 aliphatic heterocycles. The van der Waals surface area contributed by atoms with Crippen molar-refractivity contribution in [1.82, 2.24) is 4.98 Å². The van der Waals surface area contributed by atoms with Crippen molar-refractivity contribution in [2.24, 2.45) is 11.7 Å². The van der Waals surface area contributed by atoms with Crippen LogP contribution in [-0.2, 0) is 16.0 Å². The lowest BCUT2D eigenvalue weighted by atomic mass is 9.87. The molecule has 1 aromatic rings. The van der Waals surface area contributed by atoms with Gasteiger partial charge in [0.2, 0.25) is 11.8 Å². The molecule has 3 N–H and O–H groups in total.